The van der Waals surface area contributed by atoms with Crippen LogP contribution in [0.5, 0.6) is 0 Å². The fourth-order valence-electron chi connectivity index (χ4n) is 4.90. The number of unbranched alkanes of at least 4 members (excludes halogenated alkanes) is 9. The number of carbonyl (C=O) groups excluding carboxylic acids is 1. The predicted octanol–water partition coefficient (Wildman–Crippen LogP) is 4.91. The monoisotopic (exact) mass is 664 g/mol. The van der Waals surface area contributed by atoms with Gasteiger partial charge in [0.1, 0.15) is 18.9 Å². The molecule has 0 aliphatic carbocycles. The average molecular weight is 665 g/mol. The van der Waals surface area contributed by atoms with Gasteiger partial charge in [0.2, 0.25) is 5.91 Å². The molecule has 0 unspecified atom stereocenters. The van der Waals surface area contributed by atoms with Crippen molar-refractivity contribution in [1.82, 2.24) is 24.0 Å². The van der Waals surface area contributed by atoms with Gasteiger partial charge in [-0.25, -0.2) is 14.2 Å². The van der Waals surface area contributed by atoms with Gasteiger partial charge >= 0.3 is 11.7 Å². The number of nitrogens with zero attached hydrogens (tertiary/aromatic N) is 5. The van der Waals surface area contributed by atoms with Crippen LogP contribution in [0.4, 0.5) is 4.39 Å². The maximum Gasteiger partial charge on any atom is 0.348 e. The van der Waals surface area contributed by atoms with E-state index >= 15 is 0 Å². The van der Waals surface area contributed by atoms with Gasteiger partial charge < -0.3 is 14.6 Å². The molecule has 1 radical (unpaired) electrons. The van der Waals surface area contributed by atoms with Crippen LogP contribution in [0.2, 0.25) is 0 Å². The molecule has 0 spiro atoms. The van der Waals surface area contributed by atoms with Crippen LogP contribution in [0.3, 0.4) is 0 Å². The van der Waals surface area contributed by atoms with E-state index in [0.29, 0.717) is 23.0 Å². The number of amides is 1. The molecule has 10 nitrogen and oxygen atoms in total. The molecule has 245 valence electrons. The van der Waals surface area contributed by atoms with E-state index in [-0.39, 0.29) is 59.8 Å². The SMILES string of the molecule is CCCCCCCCCCCCN(C)C(=O)Cn1cc(Cc2cnc(=O)n(CC(=O)O)c2)c(=O)nc1SCc1ccc(F)cc1.[Na]. The maximum absolute atomic E-state index is 13.4. The van der Waals surface area contributed by atoms with Crippen LogP contribution in [0.1, 0.15) is 87.8 Å². The number of hydrogen-bond acceptors (Lipinski definition) is 7. The van der Waals surface area contributed by atoms with Crippen LogP contribution >= 0.6 is 11.8 Å². The predicted molar refractivity (Wildman–Crippen MR) is 179 cm³/mol. The molecule has 0 bridgehead atoms. The minimum absolute atomic E-state index is 0. The van der Waals surface area contributed by atoms with Gasteiger partial charge in [0, 0.05) is 79.5 Å². The summed E-state index contributed by atoms with van der Waals surface area (Å²) in [6.07, 6.45) is 16.4. The summed E-state index contributed by atoms with van der Waals surface area (Å²) in [4.78, 5) is 59.1. The van der Waals surface area contributed by atoms with Gasteiger partial charge in [0.15, 0.2) is 5.16 Å². The standard InChI is InChI=1S/C33H44FN5O5S.Na/c1-3-4-5-6-7-8-9-10-11-12-17-37(2)29(40)22-39-21-27(18-26-19-35-32(44)38(20-26)23-30(41)42)31(43)36-33(39)45-24-25-13-15-28(34)16-14-25;/h13-16,19-21H,3-12,17-18,22-24H2,1-2H3,(H,41,42);. The van der Waals surface area contributed by atoms with Crippen molar-refractivity contribution < 1.29 is 19.1 Å². The fraction of sp³-hybridized carbons (Fsp3) is 0.515. The summed E-state index contributed by atoms with van der Waals surface area (Å²) in [6.45, 7) is 2.27. The van der Waals surface area contributed by atoms with Crippen LogP contribution < -0.4 is 11.2 Å². The van der Waals surface area contributed by atoms with Crippen molar-refractivity contribution in [2.24, 2.45) is 0 Å². The van der Waals surface area contributed by atoms with Crippen molar-refractivity contribution in [3.05, 3.63) is 86.2 Å². The molecule has 13 heteroatoms. The molecule has 2 heterocycles. The summed E-state index contributed by atoms with van der Waals surface area (Å²) < 4.78 is 16.0. The Morgan fingerprint density at radius 3 is 2.15 bits per heavy atom. The van der Waals surface area contributed by atoms with Gasteiger partial charge in [0.25, 0.3) is 5.56 Å². The number of benzene rings is 1. The number of aliphatic carboxylic acids is 1. The van der Waals surface area contributed by atoms with Crippen molar-refractivity contribution in [3.8, 4) is 0 Å². The Kier molecular flexibility index (Phi) is 18.1. The Morgan fingerprint density at radius 2 is 1.52 bits per heavy atom. The molecule has 0 saturated heterocycles. The van der Waals surface area contributed by atoms with Crippen molar-refractivity contribution in [2.45, 2.75) is 102 Å². The molecule has 0 aliphatic rings. The van der Waals surface area contributed by atoms with Crippen LogP contribution in [0, 0.1) is 5.82 Å². The second-order valence-corrected chi connectivity index (χ2v) is 12.3. The number of likely N-dealkylation sites (N-methyl/N-ethyl adjacent to an activating group) is 1. The molecule has 0 aliphatic heterocycles. The Morgan fingerprint density at radius 1 is 0.891 bits per heavy atom. The Balaban J connectivity index is 0.00000736. The number of aromatic nitrogens is 4. The molecule has 0 atom stereocenters. The van der Waals surface area contributed by atoms with Gasteiger partial charge in [-0.15, -0.1) is 0 Å². The van der Waals surface area contributed by atoms with E-state index < -0.39 is 23.8 Å². The first-order valence-electron chi connectivity index (χ1n) is 15.6. The first-order chi connectivity index (χ1) is 21.7. The van der Waals surface area contributed by atoms with Crippen LogP contribution in [0.15, 0.2) is 57.6 Å². The molecule has 3 aromatic rings. The molecule has 1 amide bonds. The van der Waals surface area contributed by atoms with E-state index in [9.17, 15) is 23.6 Å². The molecule has 1 N–H and O–H groups in total. The number of hydrogen-bond donors (Lipinski definition) is 1. The average Bonchev–Trinajstić information content (AvgIpc) is 3.00. The van der Waals surface area contributed by atoms with Crippen molar-refractivity contribution in [3.63, 3.8) is 0 Å². The van der Waals surface area contributed by atoms with Crippen LogP contribution in [0.25, 0.3) is 0 Å². The zero-order valence-corrected chi connectivity index (χ0v) is 30.1. The topological polar surface area (TPSA) is 127 Å². The van der Waals surface area contributed by atoms with E-state index in [2.05, 4.69) is 16.9 Å². The number of carboxylic acid groups (broad SMARTS) is 1. The third-order valence-electron chi connectivity index (χ3n) is 7.50. The van der Waals surface area contributed by atoms with Gasteiger partial charge in [0.05, 0.1) is 0 Å². The second-order valence-electron chi connectivity index (χ2n) is 11.3. The van der Waals surface area contributed by atoms with E-state index in [1.165, 1.54) is 81.2 Å². The summed E-state index contributed by atoms with van der Waals surface area (Å²) in [5.74, 6) is -1.24. The summed E-state index contributed by atoms with van der Waals surface area (Å²) in [5, 5.41) is 9.44. The first kappa shape index (κ1) is 39.4. The third kappa shape index (κ3) is 13.9. The zero-order chi connectivity index (χ0) is 32.6. The van der Waals surface area contributed by atoms with Crippen LogP contribution in [-0.4, -0.2) is 84.1 Å². The van der Waals surface area contributed by atoms with Crippen molar-refractivity contribution >= 4 is 53.2 Å². The molecular weight excluding hydrogens is 620 g/mol. The number of halogens is 1. The summed E-state index contributed by atoms with van der Waals surface area (Å²) >= 11 is 1.27. The van der Waals surface area contributed by atoms with Crippen molar-refractivity contribution in [1.29, 1.82) is 0 Å². The number of carbonyl (C=O) groups is 2. The maximum atomic E-state index is 13.4. The van der Waals surface area contributed by atoms with E-state index in [0.717, 1.165) is 29.4 Å². The smallest absolute Gasteiger partial charge is 0.348 e. The Labute approximate surface area is 296 Å². The third-order valence-corrected chi connectivity index (χ3v) is 8.56. The van der Waals surface area contributed by atoms with Gasteiger partial charge in [-0.2, -0.15) is 4.98 Å². The molecule has 3 rings (SSSR count). The first-order valence-corrected chi connectivity index (χ1v) is 16.6. The minimum Gasteiger partial charge on any atom is -0.480 e. The summed E-state index contributed by atoms with van der Waals surface area (Å²) in [5.41, 5.74) is 0.351. The van der Waals surface area contributed by atoms with E-state index in [1.54, 1.807) is 34.8 Å². The number of rotatable bonds is 20. The second kappa shape index (κ2) is 21.1. The Bertz CT molecular complexity index is 1520. The summed E-state index contributed by atoms with van der Waals surface area (Å²) in [7, 11) is 1.77. The normalized spacial score (nSPS) is 10.8. The zero-order valence-electron chi connectivity index (χ0n) is 27.3. The molecule has 2 aromatic heterocycles. The quantitative estimate of drug-likeness (QED) is 0.0782. The molecule has 0 fully saturated rings. The number of carboxylic acids is 1. The van der Waals surface area contributed by atoms with Crippen molar-refractivity contribution in [2.75, 3.05) is 13.6 Å². The summed E-state index contributed by atoms with van der Waals surface area (Å²) in [6, 6.07) is 6.04. The molecule has 0 saturated carbocycles. The van der Waals surface area contributed by atoms with E-state index in [1.807, 2.05) is 0 Å². The number of thioether (sulfide) groups is 1. The molecular formula is C33H44FN5NaO5S. The van der Waals surface area contributed by atoms with Gasteiger partial charge in [-0.3, -0.25) is 19.0 Å². The largest absolute Gasteiger partial charge is 0.480 e. The molecule has 1 aromatic carbocycles. The van der Waals surface area contributed by atoms with Crippen LogP contribution in [-0.2, 0) is 34.9 Å². The fourth-order valence-corrected chi connectivity index (χ4v) is 5.82. The minimum atomic E-state index is -1.19. The molecule has 46 heavy (non-hydrogen) atoms. The van der Waals surface area contributed by atoms with Gasteiger partial charge in [-0.1, -0.05) is 88.6 Å². The van der Waals surface area contributed by atoms with Gasteiger partial charge in [-0.05, 0) is 29.7 Å². The van der Waals surface area contributed by atoms with E-state index in [4.69, 9.17) is 5.11 Å². The Hall–Kier alpha value is -2.80.